The molecule has 0 amide bonds. The Morgan fingerprint density at radius 2 is 2.15 bits per heavy atom. The maximum Gasteiger partial charge on any atom is 0.153 e. The summed E-state index contributed by atoms with van der Waals surface area (Å²) in [6.45, 7) is -0.0550. The molecule has 0 aliphatic heterocycles. The molecule has 0 atom stereocenters. The van der Waals surface area contributed by atoms with Crippen molar-refractivity contribution in [2.75, 3.05) is 0 Å². The zero-order valence-corrected chi connectivity index (χ0v) is 7.61. The van der Waals surface area contributed by atoms with Gasteiger partial charge in [-0.3, -0.25) is 0 Å². The van der Waals surface area contributed by atoms with Crippen molar-refractivity contribution in [3.05, 3.63) is 23.8 Å². The summed E-state index contributed by atoms with van der Waals surface area (Å²) in [5, 5.41) is 8.88. The quantitative estimate of drug-likeness (QED) is 0.748. The Morgan fingerprint density at radius 1 is 1.38 bits per heavy atom. The van der Waals surface area contributed by atoms with Gasteiger partial charge < -0.3 is 5.11 Å². The number of nitrogens with zero attached hydrogens (tertiary/aromatic N) is 2. The summed E-state index contributed by atoms with van der Waals surface area (Å²) in [5.74, 6) is 1.15. The van der Waals surface area contributed by atoms with E-state index in [2.05, 4.69) is 9.97 Å². The molecule has 70 valence electrons. The topological polar surface area (TPSA) is 46.0 Å². The summed E-state index contributed by atoms with van der Waals surface area (Å²) >= 11 is 0. The molecule has 13 heavy (non-hydrogen) atoms. The first kappa shape index (κ1) is 8.63. The van der Waals surface area contributed by atoms with E-state index in [0.717, 1.165) is 5.69 Å². The zero-order chi connectivity index (χ0) is 9.10. The Morgan fingerprint density at radius 3 is 2.85 bits per heavy atom. The van der Waals surface area contributed by atoms with Crippen LogP contribution >= 0.6 is 0 Å². The van der Waals surface area contributed by atoms with Crippen LogP contribution in [0, 0.1) is 0 Å². The molecular formula is C10H14N2O. The van der Waals surface area contributed by atoms with Crippen LogP contribution in [0.25, 0.3) is 0 Å². The molecular weight excluding hydrogens is 164 g/mol. The molecule has 0 radical (unpaired) electrons. The molecule has 0 unspecified atom stereocenters. The van der Waals surface area contributed by atoms with Crippen molar-refractivity contribution in [3.63, 3.8) is 0 Å². The average molecular weight is 178 g/mol. The number of aliphatic hydroxyl groups excluding tert-OH is 1. The highest BCUT2D eigenvalue weighted by molar-refractivity contribution is 5.09. The van der Waals surface area contributed by atoms with Gasteiger partial charge in [0.2, 0.25) is 0 Å². The Labute approximate surface area is 77.8 Å². The first-order valence-corrected chi connectivity index (χ1v) is 4.83. The Hall–Kier alpha value is -0.960. The van der Waals surface area contributed by atoms with Crippen molar-refractivity contribution in [2.24, 2.45) is 0 Å². The van der Waals surface area contributed by atoms with Gasteiger partial charge in [-0.25, -0.2) is 9.97 Å². The molecule has 0 saturated heterocycles. The zero-order valence-electron chi connectivity index (χ0n) is 7.61. The number of rotatable bonds is 2. The van der Waals surface area contributed by atoms with Crippen LogP contribution in [0.4, 0.5) is 0 Å². The normalized spacial score (nSPS) is 17.9. The second kappa shape index (κ2) is 3.83. The highest BCUT2D eigenvalue weighted by Gasteiger charge is 2.18. The lowest BCUT2D eigenvalue weighted by atomic mass is 10.0. The number of aromatic nitrogens is 2. The van der Waals surface area contributed by atoms with Gasteiger partial charge in [0.25, 0.3) is 0 Å². The molecule has 1 fully saturated rings. The average Bonchev–Trinajstić information content (AvgIpc) is 2.71. The highest BCUT2D eigenvalue weighted by Crippen LogP contribution is 2.32. The summed E-state index contributed by atoms with van der Waals surface area (Å²) in [4.78, 5) is 8.28. The van der Waals surface area contributed by atoms with E-state index < -0.39 is 0 Å². The first-order valence-electron chi connectivity index (χ1n) is 4.83. The fourth-order valence-electron chi connectivity index (χ4n) is 1.94. The minimum atomic E-state index is -0.0550. The maximum atomic E-state index is 8.88. The minimum absolute atomic E-state index is 0.0550. The van der Waals surface area contributed by atoms with Gasteiger partial charge >= 0.3 is 0 Å². The molecule has 2 rings (SSSR count). The molecule has 1 heterocycles. The molecule has 1 saturated carbocycles. The van der Waals surface area contributed by atoms with Crippen LogP contribution in [0.3, 0.4) is 0 Å². The maximum absolute atomic E-state index is 8.88. The van der Waals surface area contributed by atoms with Crippen LogP contribution in [0.5, 0.6) is 0 Å². The van der Waals surface area contributed by atoms with E-state index in [-0.39, 0.29) is 6.61 Å². The minimum Gasteiger partial charge on any atom is -0.388 e. The lowest BCUT2D eigenvalue weighted by molar-refractivity contribution is 0.270. The molecule has 3 heteroatoms. The van der Waals surface area contributed by atoms with Crippen molar-refractivity contribution in [3.8, 4) is 0 Å². The van der Waals surface area contributed by atoms with Gasteiger partial charge in [0.05, 0.1) is 0 Å². The molecule has 3 nitrogen and oxygen atoms in total. The molecule has 0 spiro atoms. The highest BCUT2D eigenvalue weighted by atomic mass is 16.3. The monoisotopic (exact) mass is 178 g/mol. The SMILES string of the molecule is OCc1nccc(C2CCCC2)n1. The lowest BCUT2D eigenvalue weighted by Gasteiger charge is -2.07. The second-order valence-electron chi connectivity index (χ2n) is 3.54. The molecule has 0 aromatic carbocycles. The standard InChI is InChI=1S/C10H14N2O/c13-7-10-11-6-5-9(12-10)8-3-1-2-4-8/h5-6,8,13H,1-4,7H2. The summed E-state index contributed by atoms with van der Waals surface area (Å²) in [6, 6.07) is 1.97. The lowest BCUT2D eigenvalue weighted by Crippen LogP contribution is -2.01. The van der Waals surface area contributed by atoms with E-state index in [0.29, 0.717) is 11.7 Å². The van der Waals surface area contributed by atoms with Crippen LogP contribution in [0.2, 0.25) is 0 Å². The Balaban J connectivity index is 2.18. The molecule has 1 N–H and O–H groups in total. The van der Waals surface area contributed by atoms with Crippen molar-refractivity contribution < 1.29 is 5.11 Å². The molecule has 1 aromatic heterocycles. The summed E-state index contributed by atoms with van der Waals surface area (Å²) < 4.78 is 0. The van der Waals surface area contributed by atoms with Crippen LogP contribution in [-0.2, 0) is 6.61 Å². The van der Waals surface area contributed by atoms with Gasteiger partial charge in [-0.1, -0.05) is 12.8 Å². The predicted octanol–water partition coefficient (Wildman–Crippen LogP) is 1.63. The Bertz CT molecular complexity index is 282. The smallest absolute Gasteiger partial charge is 0.153 e. The van der Waals surface area contributed by atoms with E-state index in [1.54, 1.807) is 6.20 Å². The van der Waals surface area contributed by atoms with Gasteiger partial charge in [-0.2, -0.15) is 0 Å². The molecule has 0 bridgehead atoms. The fourth-order valence-corrected chi connectivity index (χ4v) is 1.94. The van der Waals surface area contributed by atoms with E-state index in [4.69, 9.17) is 5.11 Å². The number of hydrogen-bond donors (Lipinski definition) is 1. The van der Waals surface area contributed by atoms with Crippen molar-refractivity contribution in [2.45, 2.75) is 38.2 Å². The van der Waals surface area contributed by atoms with Gasteiger partial charge in [0, 0.05) is 17.8 Å². The predicted molar refractivity (Wildman–Crippen MR) is 49.2 cm³/mol. The first-order chi connectivity index (χ1) is 6.40. The van der Waals surface area contributed by atoms with E-state index in [1.165, 1.54) is 25.7 Å². The van der Waals surface area contributed by atoms with Crippen LogP contribution in [0.15, 0.2) is 12.3 Å². The van der Waals surface area contributed by atoms with E-state index in [1.807, 2.05) is 6.07 Å². The van der Waals surface area contributed by atoms with Crippen molar-refractivity contribution in [1.29, 1.82) is 0 Å². The van der Waals surface area contributed by atoms with Crippen molar-refractivity contribution >= 4 is 0 Å². The van der Waals surface area contributed by atoms with E-state index in [9.17, 15) is 0 Å². The summed E-state index contributed by atoms with van der Waals surface area (Å²) in [7, 11) is 0. The Kier molecular flexibility index (Phi) is 2.54. The van der Waals surface area contributed by atoms with Gasteiger partial charge in [-0.15, -0.1) is 0 Å². The van der Waals surface area contributed by atoms with Crippen LogP contribution < -0.4 is 0 Å². The number of aliphatic hydroxyl groups is 1. The molecule has 1 aliphatic rings. The summed E-state index contributed by atoms with van der Waals surface area (Å²) in [5.41, 5.74) is 1.11. The van der Waals surface area contributed by atoms with Crippen LogP contribution in [0.1, 0.15) is 43.1 Å². The van der Waals surface area contributed by atoms with Gasteiger partial charge in [0.15, 0.2) is 5.82 Å². The van der Waals surface area contributed by atoms with Crippen molar-refractivity contribution in [1.82, 2.24) is 9.97 Å². The van der Waals surface area contributed by atoms with Gasteiger partial charge in [0.1, 0.15) is 6.61 Å². The molecule has 1 aromatic rings. The fraction of sp³-hybridized carbons (Fsp3) is 0.600. The molecule has 1 aliphatic carbocycles. The van der Waals surface area contributed by atoms with Gasteiger partial charge in [-0.05, 0) is 18.9 Å². The summed E-state index contributed by atoms with van der Waals surface area (Å²) in [6.07, 6.45) is 6.84. The third-order valence-electron chi connectivity index (χ3n) is 2.64. The number of hydrogen-bond acceptors (Lipinski definition) is 3. The third kappa shape index (κ3) is 1.86. The van der Waals surface area contributed by atoms with Crippen LogP contribution in [-0.4, -0.2) is 15.1 Å². The largest absolute Gasteiger partial charge is 0.388 e. The van der Waals surface area contributed by atoms with E-state index >= 15 is 0 Å². The second-order valence-corrected chi connectivity index (χ2v) is 3.54. The third-order valence-corrected chi connectivity index (χ3v) is 2.64.